The molecule has 0 atom stereocenters. The molecule has 0 spiro atoms. The van der Waals surface area contributed by atoms with Crippen LogP contribution in [0.2, 0.25) is 0 Å². The van der Waals surface area contributed by atoms with Crippen LogP contribution in [0.25, 0.3) is 44.3 Å². The number of aryl methyl sites for hydroxylation is 3. The van der Waals surface area contributed by atoms with Gasteiger partial charge in [0.25, 0.3) is 0 Å². The molecule has 1 aliphatic rings. The van der Waals surface area contributed by atoms with Crippen molar-refractivity contribution in [1.82, 2.24) is 0 Å². The minimum absolute atomic E-state index is 0.727. The van der Waals surface area contributed by atoms with Crippen molar-refractivity contribution in [2.45, 2.75) is 51.9 Å². The zero-order valence-corrected chi connectivity index (χ0v) is 20.4. The summed E-state index contributed by atoms with van der Waals surface area (Å²) in [6, 6.07) is 24.6. The highest BCUT2D eigenvalue weighted by atomic mass is 16.3. The van der Waals surface area contributed by atoms with Gasteiger partial charge < -0.3 is 4.42 Å². The number of furan rings is 1. The summed E-state index contributed by atoms with van der Waals surface area (Å²) in [5.41, 5.74) is 10.7. The van der Waals surface area contributed by atoms with E-state index in [4.69, 9.17) is 4.42 Å². The largest absolute Gasteiger partial charge is 0.454 e. The summed E-state index contributed by atoms with van der Waals surface area (Å²) in [4.78, 5) is 0. The number of nitrogens with zero attached hydrogens (tertiary/aromatic N) is 1. The van der Waals surface area contributed by atoms with Crippen LogP contribution in [-0.4, -0.2) is 0 Å². The van der Waals surface area contributed by atoms with Crippen molar-refractivity contribution in [2.24, 2.45) is 7.05 Å². The average molecular weight is 447 g/mol. The van der Waals surface area contributed by atoms with Gasteiger partial charge in [0, 0.05) is 28.0 Å². The van der Waals surface area contributed by atoms with Crippen molar-refractivity contribution >= 4 is 21.9 Å². The highest BCUT2D eigenvalue weighted by molar-refractivity contribution is 6.13. The van der Waals surface area contributed by atoms with E-state index in [1.807, 2.05) is 0 Å². The Balaban J connectivity index is 1.50. The van der Waals surface area contributed by atoms with Crippen LogP contribution >= 0.6 is 0 Å². The summed E-state index contributed by atoms with van der Waals surface area (Å²) in [6.07, 6.45) is 8.96. The van der Waals surface area contributed by atoms with Crippen molar-refractivity contribution in [3.63, 3.8) is 0 Å². The van der Waals surface area contributed by atoms with Crippen LogP contribution in [0.1, 0.15) is 54.7 Å². The van der Waals surface area contributed by atoms with E-state index in [-0.39, 0.29) is 0 Å². The van der Waals surface area contributed by atoms with E-state index in [0.717, 1.165) is 17.1 Å². The van der Waals surface area contributed by atoms with Gasteiger partial charge in [-0.15, -0.1) is 0 Å². The van der Waals surface area contributed by atoms with Crippen LogP contribution in [0.5, 0.6) is 0 Å². The molecule has 1 saturated carbocycles. The lowest BCUT2D eigenvalue weighted by Crippen LogP contribution is -2.31. The molecule has 170 valence electrons. The maximum absolute atomic E-state index is 6.72. The first-order valence-electron chi connectivity index (χ1n) is 12.6. The van der Waals surface area contributed by atoms with Crippen LogP contribution in [-0.2, 0) is 7.05 Å². The number of rotatable bonds is 3. The van der Waals surface area contributed by atoms with Crippen LogP contribution in [0, 0.1) is 13.8 Å². The second kappa shape index (κ2) is 8.43. The third kappa shape index (κ3) is 3.53. The number of fused-ring (bicyclic) bond motifs is 3. The Morgan fingerprint density at radius 1 is 0.765 bits per heavy atom. The Kier molecular flexibility index (Phi) is 5.25. The van der Waals surface area contributed by atoms with Crippen molar-refractivity contribution in [3.8, 4) is 22.4 Å². The van der Waals surface area contributed by atoms with Crippen molar-refractivity contribution in [1.29, 1.82) is 0 Å². The Hall–Kier alpha value is -3.39. The van der Waals surface area contributed by atoms with E-state index in [1.54, 1.807) is 0 Å². The van der Waals surface area contributed by atoms with Gasteiger partial charge in [0.2, 0.25) is 5.69 Å². The summed E-state index contributed by atoms with van der Waals surface area (Å²) in [5, 5.41) is 2.36. The van der Waals surface area contributed by atoms with E-state index < -0.39 is 0 Å². The Labute approximate surface area is 201 Å². The van der Waals surface area contributed by atoms with Gasteiger partial charge in [-0.2, -0.15) is 0 Å². The summed E-state index contributed by atoms with van der Waals surface area (Å²) < 4.78 is 8.93. The van der Waals surface area contributed by atoms with Crippen molar-refractivity contribution in [2.75, 3.05) is 0 Å². The monoisotopic (exact) mass is 446 g/mol. The fourth-order valence-corrected chi connectivity index (χ4v) is 5.88. The van der Waals surface area contributed by atoms with Gasteiger partial charge in [-0.3, -0.25) is 0 Å². The minimum atomic E-state index is 0.727. The lowest BCUT2D eigenvalue weighted by atomic mass is 9.83. The lowest BCUT2D eigenvalue weighted by Gasteiger charge is -2.22. The smallest absolute Gasteiger partial charge is 0.216 e. The number of hydrogen-bond acceptors (Lipinski definition) is 1. The normalized spacial score (nSPS) is 14.8. The van der Waals surface area contributed by atoms with Crippen LogP contribution in [0.4, 0.5) is 0 Å². The zero-order chi connectivity index (χ0) is 23.2. The first-order valence-corrected chi connectivity index (χ1v) is 12.6. The molecule has 0 saturated heterocycles. The van der Waals surface area contributed by atoms with Crippen LogP contribution < -0.4 is 4.57 Å². The highest BCUT2D eigenvalue weighted by Gasteiger charge is 2.22. The predicted octanol–water partition coefficient (Wildman–Crippen LogP) is 8.41. The predicted molar refractivity (Wildman–Crippen MR) is 141 cm³/mol. The molecule has 3 aromatic carbocycles. The van der Waals surface area contributed by atoms with Crippen LogP contribution in [0.3, 0.4) is 0 Å². The molecule has 1 aliphatic carbocycles. The van der Waals surface area contributed by atoms with E-state index >= 15 is 0 Å². The summed E-state index contributed by atoms with van der Waals surface area (Å²) in [7, 11) is 2.11. The molecule has 0 bridgehead atoms. The quantitative estimate of drug-likeness (QED) is 0.254. The number of hydrogen-bond donors (Lipinski definition) is 0. The molecule has 1 fully saturated rings. The number of aromatic nitrogens is 1. The van der Waals surface area contributed by atoms with Crippen molar-refractivity contribution in [3.05, 3.63) is 89.6 Å². The van der Waals surface area contributed by atoms with E-state index in [2.05, 4.69) is 98.4 Å². The lowest BCUT2D eigenvalue weighted by molar-refractivity contribution is -0.660. The second-order valence-corrected chi connectivity index (χ2v) is 10.1. The fourth-order valence-electron chi connectivity index (χ4n) is 5.88. The molecule has 0 radical (unpaired) electrons. The molecule has 34 heavy (non-hydrogen) atoms. The summed E-state index contributed by atoms with van der Waals surface area (Å²) >= 11 is 0. The molecule has 2 heterocycles. The van der Waals surface area contributed by atoms with Gasteiger partial charge >= 0.3 is 0 Å². The topological polar surface area (TPSA) is 17.0 Å². The maximum atomic E-state index is 6.72. The highest BCUT2D eigenvalue weighted by Crippen LogP contribution is 2.41. The second-order valence-electron chi connectivity index (χ2n) is 10.1. The summed E-state index contributed by atoms with van der Waals surface area (Å²) in [6.45, 7) is 4.30. The first-order chi connectivity index (χ1) is 16.6. The van der Waals surface area contributed by atoms with E-state index in [9.17, 15) is 0 Å². The molecule has 6 rings (SSSR count). The number of pyridine rings is 1. The standard InChI is InChI=1S/C32H32NO/c1-21-12-19-29(33(3)20-21)30-22(2)13-18-28-27-11-7-10-26(31(27)34-32(28)30)25-16-14-24(15-17-25)23-8-5-4-6-9-23/h7,10-20,23H,4-6,8-9H2,1-3H3/q+1. The van der Waals surface area contributed by atoms with Gasteiger partial charge in [-0.1, -0.05) is 73.9 Å². The fraction of sp³-hybridized carbons (Fsp3) is 0.281. The minimum Gasteiger partial charge on any atom is -0.454 e. The zero-order valence-electron chi connectivity index (χ0n) is 20.4. The van der Waals surface area contributed by atoms with Gasteiger partial charge in [0.15, 0.2) is 6.20 Å². The van der Waals surface area contributed by atoms with Crippen LogP contribution in [0.15, 0.2) is 77.3 Å². The molecule has 0 aliphatic heterocycles. The Bertz CT molecular complexity index is 1500. The molecule has 0 amide bonds. The van der Waals surface area contributed by atoms with Gasteiger partial charge in [0.05, 0.1) is 5.56 Å². The SMILES string of the molecule is Cc1ccc(-c2c(C)ccc3c2oc2c(-c4ccc(C5CCCCC5)cc4)cccc23)[n+](C)c1. The van der Waals surface area contributed by atoms with Gasteiger partial charge in [-0.25, -0.2) is 4.57 Å². The van der Waals surface area contributed by atoms with E-state index in [0.29, 0.717) is 0 Å². The van der Waals surface area contributed by atoms with Crippen molar-refractivity contribution < 1.29 is 8.98 Å². The Morgan fingerprint density at radius 3 is 2.29 bits per heavy atom. The molecule has 5 aromatic rings. The molecule has 2 aromatic heterocycles. The number of benzene rings is 3. The first kappa shape index (κ1) is 21.2. The average Bonchev–Trinajstić information content (AvgIpc) is 3.24. The molecule has 2 heteroatoms. The maximum Gasteiger partial charge on any atom is 0.216 e. The van der Waals surface area contributed by atoms with E-state index in [1.165, 1.54) is 82.0 Å². The van der Waals surface area contributed by atoms with Gasteiger partial charge in [-0.05, 0) is 55.4 Å². The molecular weight excluding hydrogens is 414 g/mol. The molecule has 2 nitrogen and oxygen atoms in total. The molecule has 0 unspecified atom stereocenters. The summed E-state index contributed by atoms with van der Waals surface area (Å²) in [5.74, 6) is 0.727. The third-order valence-electron chi connectivity index (χ3n) is 7.71. The third-order valence-corrected chi connectivity index (χ3v) is 7.71. The molecule has 0 N–H and O–H groups in total. The molecular formula is C32H32NO+. The Morgan fingerprint density at radius 2 is 1.53 bits per heavy atom. The van der Waals surface area contributed by atoms with Gasteiger partial charge in [0.1, 0.15) is 18.2 Å². The number of para-hydroxylation sites is 1.